The molecule has 0 saturated heterocycles. The number of amides is 1. The first kappa shape index (κ1) is 17.6. The van der Waals surface area contributed by atoms with Gasteiger partial charge < -0.3 is 19.6 Å². The van der Waals surface area contributed by atoms with E-state index in [4.69, 9.17) is 9.15 Å². The van der Waals surface area contributed by atoms with Gasteiger partial charge in [-0.2, -0.15) is 0 Å². The van der Waals surface area contributed by atoms with Gasteiger partial charge >= 0.3 is 0 Å². The number of methoxy groups -OCH3 is 1. The number of carbonyl (C=O) groups excluding carboxylic acids is 1. The Hall–Kier alpha value is -3.80. The highest BCUT2D eigenvalue weighted by Gasteiger charge is 2.15. The molecule has 0 aliphatic rings. The number of nitrogens with one attached hydrogen (secondary N) is 1. The summed E-state index contributed by atoms with van der Waals surface area (Å²) in [5.74, 6) is 0.614. The maximum Gasteiger partial charge on any atom is 0.255 e. The molecule has 0 unspecified atom stereocenters. The van der Waals surface area contributed by atoms with Crippen molar-refractivity contribution in [3.63, 3.8) is 0 Å². The lowest BCUT2D eigenvalue weighted by atomic mass is 10.1. The van der Waals surface area contributed by atoms with Crippen LogP contribution in [0.15, 0.2) is 65.1 Å². The number of phenolic OH excluding ortho intramolecular Hbond substituents is 1. The van der Waals surface area contributed by atoms with Crippen LogP contribution < -0.4 is 10.1 Å². The Morgan fingerprint density at radius 2 is 1.96 bits per heavy atom. The van der Waals surface area contributed by atoms with E-state index in [1.54, 1.807) is 43.5 Å². The minimum atomic E-state index is -0.288. The van der Waals surface area contributed by atoms with Crippen molar-refractivity contribution in [1.82, 2.24) is 4.98 Å². The maximum atomic E-state index is 12.5. The van der Waals surface area contributed by atoms with E-state index in [9.17, 15) is 9.90 Å². The Bertz CT molecular complexity index is 1180. The Kier molecular flexibility index (Phi) is 4.45. The van der Waals surface area contributed by atoms with E-state index >= 15 is 0 Å². The number of carbonyl (C=O) groups is 1. The number of phenols is 1. The number of oxazole rings is 1. The number of fused-ring (bicyclic) bond motifs is 1. The van der Waals surface area contributed by atoms with Gasteiger partial charge in [-0.15, -0.1) is 0 Å². The number of anilines is 1. The van der Waals surface area contributed by atoms with Crippen molar-refractivity contribution in [2.75, 3.05) is 12.4 Å². The Labute approximate surface area is 161 Å². The van der Waals surface area contributed by atoms with Crippen LogP contribution in [0.25, 0.3) is 22.6 Å². The zero-order valence-corrected chi connectivity index (χ0v) is 15.4. The average molecular weight is 374 g/mol. The summed E-state index contributed by atoms with van der Waals surface area (Å²) in [4.78, 5) is 17.0. The molecule has 6 nitrogen and oxygen atoms in total. The number of aryl methyl sites for hydroxylation is 1. The van der Waals surface area contributed by atoms with Crippen molar-refractivity contribution in [3.8, 4) is 23.0 Å². The van der Waals surface area contributed by atoms with Crippen LogP contribution in [-0.4, -0.2) is 23.1 Å². The summed E-state index contributed by atoms with van der Waals surface area (Å²) in [7, 11) is 1.55. The van der Waals surface area contributed by atoms with Gasteiger partial charge in [0.25, 0.3) is 5.91 Å². The molecule has 1 heterocycles. The third-order valence-corrected chi connectivity index (χ3v) is 4.36. The van der Waals surface area contributed by atoms with Crippen molar-refractivity contribution < 1.29 is 19.1 Å². The number of ether oxygens (including phenoxy) is 1. The van der Waals surface area contributed by atoms with Gasteiger partial charge in [-0.1, -0.05) is 12.1 Å². The lowest BCUT2D eigenvalue weighted by molar-refractivity contribution is 0.102. The lowest BCUT2D eigenvalue weighted by Gasteiger charge is -2.08. The number of nitrogens with zero attached hydrogens (tertiary/aromatic N) is 1. The Balaban J connectivity index is 1.65. The third-order valence-electron chi connectivity index (χ3n) is 4.36. The van der Waals surface area contributed by atoms with Gasteiger partial charge in [0.15, 0.2) is 5.58 Å². The van der Waals surface area contributed by atoms with Crippen LogP contribution in [0.2, 0.25) is 0 Å². The zero-order valence-electron chi connectivity index (χ0n) is 15.4. The number of rotatable bonds is 4. The molecule has 0 atom stereocenters. The second-order valence-corrected chi connectivity index (χ2v) is 6.41. The molecular weight excluding hydrogens is 356 g/mol. The topological polar surface area (TPSA) is 84.6 Å². The molecule has 0 aliphatic heterocycles. The van der Waals surface area contributed by atoms with Crippen LogP contribution in [-0.2, 0) is 0 Å². The van der Waals surface area contributed by atoms with Crippen LogP contribution in [0.3, 0.4) is 0 Å². The summed E-state index contributed by atoms with van der Waals surface area (Å²) in [6, 6.07) is 17.3. The molecule has 2 N–H and O–H groups in total. The first-order valence-corrected chi connectivity index (χ1v) is 8.69. The minimum absolute atomic E-state index is 0.0163. The Morgan fingerprint density at radius 1 is 1.11 bits per heavy atom. The summed E-state index contributed by atoms with van der Waals surface area (Å²) >= 11 is 0. The largest absolute Gasteiger partial charge is 0.507 e. The fourth-order valence-electron chi connectivity index (χ4n) is 2.91. The number of aromatic nitrogens is 1. The molecule has 1 amide bonds. The molecule has 0 saturated carbocycles. The summed E-state index contributed by atoms with van der Waals surface area (Å²) < 4.78 is 10.9. The first-order valence-electron chi connectivity index (χ1n) is 8.69. The summed E-state index contributed by atoms with van der Waals surface area (Å²) in [5, 5.41) is 13.1. The number of hydrogen-bond donors (Lipinski definition) is 2. The summed E-state index contributed by atoms with van der Waals surface area (Å²) in [6.07, 6.45) is 0. The fourth-order valence-corrected chi connectivity index (χ4v) is 2.91. The zero-order chi connectivity index (χ0) is 19.7. The number of hydrogen-bond acceptors (Lipinski definition) is 5. The van der Waals surface area contributed by atoms with Crippen molar-refractivity contribution in [1.29, 1.82) is 0 Å². The lowest BCUT2D eigenvalue weighted by Crippen LogP contribution is -2.11. The Morgan fingerprint density at radius 3 is 2.79 bits per heavy atom. The van der Waals surface area contributed by atoms with Crippen LogP contribution in [0.5, 0.6) is 11.5 Å². The van der Waals surface area contributed by atoms with Gasteiger partial charge in [0.05, 0.1) is 12.7 Å². The van der Waals surface area contributed by atoms with Crippen LogP contribution >= 0.6 is 0 Å². The van der Waals surface area contributed by atoms with E-state index in [1.807, 2.05) is 25.1 Å². The van der Waals surface area contributed by atoms with E-state index in [0.717, 1.165) is 5.56 Å². The maximum absolute atomic E-state index is 12.5. The fraction of sp³-hybridized carbons (Fsp3) is 0.0909. The monoisotopic (exact) mass is 374 g/mol. The molecular formula is C22H18N2O4. The molecule has 0 fully saturated rings. The van der Waals surface area contributed by atoms with Crippen LogP contribution in [0, 0.1) is 6.92 Å². The van der Waals surface area contributed by atoms with Crippen molar-refractivity contribution in [3.05, 3.63) is 71.8 Å². The second-order valence-electron chi connectivity index (χ2n) is 6.41. The summed E-state index contributed by atoms with van der Waals surface area (Å²) in [5.41, 5.74) is 3.78. The molecule has 4 rings (SSSR count). The number of aromatic hydroxyl groups is 1. The van der Waals surface area contributed by atoms with Crippen LogP contribution in [0.1, 0.15) is 15.9 Å². The van der Waals surface area contributed by atoms with Crippen molar-refractivity contribution >= 4 is 22.7 Å². The van der Waals surface area contributed by atoms with Gasteiger partial charge in [-0.25, -0.2) is 4.98 Å². The smallest absolute Gasteiger partial charge is 0.255 e. The van der Waals surface area contributed by atoms with E-state index in [-0.39, 0.29) is 17.5 Å². The molecule has 0 spiro atoms. The average Bonchev–Trinajstić information content (AvgIpc) is 3.12. The molecule has 3 aromatic carbocycles. The predicted octanol–water partition coefficient (Wildman–Crippen LogP) is 4.77. The van der Waals surface area contributed by atoms with Gasteiger partial charge in [-0.3, -0.25) is 4.79 Å². The van der Waals surface area contributed by atoms with Gasteiger partial charge in [0.2, 0.25) is 5.89 Å². The third kappa shape index (κ3) is 3.40. The first-order chi connectivity index (χ1) is 13.5. The number of benzene rings is 3. The van der Waals surface area contributed by atoms with Gasteiger partial charge in [-0.05, 0) is 61.0 Å². The molecule has 0 bridgehead atoms. The van der Waals surface area contributed by atoms with Crippen molar-refractivity contribution in [2.45, 2.75) is 6.92 Å². The minimum Gasteiger partial charge on any atom is -0.507 e. The molecule has 1 aromatic heterocycles. The van der Waals surface area contributed by atoms with Crippen molar-refractivity contribution in [2.24, 2.45) is 0 Å². The van der Waals surface area contributed by atoms with Gasteiger partial charge in [0.1, 0.15) is 17.0 Å². The molecule has 0 radical (unpaired) electrons. The van der Waals surface area contributed by atoms with E-state index < -0.39 is 0 Å². The highest BCUT2D eigenvalue weighted by Crippen LogP contribution is 2.33. The molecule has 28 heavy (non-hydrogen) atoms. The summed E-state index contributed by atoms with van der Waals surface area (Å²) in [6.45, 7) is 1.97. The predicted molar refractivity (Wildman–Crippen MR) is 107 cm³/mol. The molecule has 0 aliphatic carbocycles. The SMILES string of the molecule is COc1cccc(C(=O)Nc2ccc(O)c(-c3nc4cc(C)ccc4o3)c2)c1. The molecule has 4 aromatic rings. The van der Waals surface area contributed by atoms with E-state index in [2.05, 4.69) is 10.3 Å². The molecule has 140 valence electrons. The highest BCUT2D eigenvalue weighted by atomic mass is 16.5. The van der Waals surface area contributed by atoms with Crippen LogP contribution in [0.4, 0.5) is 5.69 Å². The quantitative estimate of drug-likeness (QED) is 0.503. The molecule has 6 heteroatoms. The van der Waals surface area contributed by atoms with E-state index in [1.165, 1.54) is 6.07 Å². The van der Waals surface area contributed by atoms with Gasteiger partial charge in [0, 0.05) is 11.3 Å². The van der Waals surface area contributed by atoms with E-state index in [0.29, 0.717) is 33.7 Å². The normalized spacial score (nSPS) is 10.8. The second kappa shape index (κ2) is 7.08. The standard InChI is InChI=1S/C22H18N2O4/c1-13-6-9-20-18(10-13)24-22(28-20)17-12-15(7-8-19(17)25)23-21(26)14-4-3-5-16(11-14)27-2/h3-12,25H,1-2H3,(H,23,26). The highest BCUT2D eigenvalue weighted by molar-refractivity contribution is 6.04.